The van der Waals surface area contributed by atoms with E-state index < -0.39 is 20.7 Å². The lowest BCUT2D eigenvalue weighted by Gasteiger charge is -2.23. The van der Waals surface area contributed by atoms with Crippen LogP contribution in [0.5, 0.6) is 0 Å². The number of halogens is 3. The van der Waals surface area contributed by atoms with Crippen LogP contribution in [0.4, 0.5) is 27.3 Å². The zero-order chi connectivity index (χ0) is 23.5. The first kappa shape index (κ1) is 24.1. The molecule has 8 nitrogen and oxygen atoms in total. The second-order valence-corrected chi connectivity index (χ2v) is 9.65. The van der Waals surface area contributed by atoms with Crippen LogP contribution in [0.1, 0.15) is 5.76 Å². The van der Waals surface area contributed by atoms with Crippen molar-refractivity contribution in [1.82, 2.24) is 10.5 Å². The van der Waals surface area contributed by atoms with Crippen LogP contribution >= 0.6 is 23.4 Å². The fraction of sp³-hybridized carbons (Fsp3) is 0.250. The van der Waals surface area contributed by atoms with Gasteiger partial charge >= 0.3 is 0 Å². The maximum atomic E-state index is 14.9. The Kier molecular flexibility index (Phi) is 7.50. The third-order valence-corrected chi connectivity index (χ3v) is 7.10. The molecular formula is C20H22Cl2FN5O3S. The van der Waals surface area contributed by atoms with E-state index in [2.05, 4.69) is 15.8 Å². The van der Waals surface area contributed by atoms with Crippen LogP contribution in [-0.2, 0) is 10.0 Å². The van der Waals surface area contributed by atoms with Crippen molar-refractivity contribution in [3.8, 4) is 0 Å². The standard InChI is InChI=1S/C20H22Cl2FN5O3S/c1-13-10-20(26-31-13)28(22)32(29,30)19-11-14(21)17(12-15(19)23)25-16-6-4-5-7-18(16)27(3)9-8-24-2/h4-7,10-12,24-25H,8-9H2,1-3H3. The Balaban J connectivity index is 1.92. The van der Waals surface area contributed by atoms with Crippen molar-refractivity contribution in [3.63, 3.8) is 0 Å². The van der Waals surface area contributed by atoms with Gasteiger partial charge in [-0.05, 0) is 32.2 Å². The number of hydrogen-bond acceptors (Lipinski definition) is 7. The largest absolute Gasteiger partial charge is 0.372 e. The Labute approximate surface area is 196 Å². The molecule has 0 amide bonds. The quantitative estimate of drug-likeness (QED) is 0.416. The molecule has 2 N–H and O–H groups in total. The van der Waals surface area contributed by atoms with E-state index in [1.54, 1.807) is 6.92 Å². The summed E-state index contributed by atoms with van der Waals surface area (Å²) in [7, 11) is -0.690. The van der Waals surface area contributed by atoms with Gasteiger partial charge in [0.15, 0.2) is 0 Å². The van der Waals surface area contributed by atoms with Crippen molar-refractivity contribution >= 4 is 56.3 Å². The number of para-hydroxylation sites is 2. The molecule has 0 bridgehead atoms. The fourth-order valence-corrected chi connectivity index (χ4v) is 4.58. The first-order valence-corrected chi connectivity index (χ1v) is 11.7. The van der Waals surface area contributed by atoms with Gasteiger partial charge in [-0.1, -0.05) is 28.9 Å². The molecule has 3 aromatic rings. The minimum absolute atomic E-state index is 0.000874. The number of hydrogen-bond donors (Lipinski definition) is 2. The summed E-state index contributed by atoms with van der Waals surface area (Å²) in [4.78, 5) is 1.33. The van der Waals surface area contributed by atoms with Gasteiger partial charge in [-0.3, -0.25) is 0 Å². The zero-order valence-electron chi connectivity index (χ0n) is 17.6. The lowest BCUT2D eigenvalue weighted by molar-refractivity contribution is 0.399. The Bertz CT molecular complexity index is 1210. The van der Waals surface area contributed by atoms with Crippen molar-refractivity contribution in [2.75, 3.05) is 41.2 Å². The summed E-state index contributed by atoms with van der Waals surface area (Å²) >= 11 is 12.2. The predicted molar refractivity (Wildman–Crippen MR) is 125 cm³/mol. The van der Waals surface area contributed by atoms with E-state index in [9.17, 15) is 12.8 Å². The second kappa shape index (κ2) is 9.95. The van der Waals surface area contributed by atoms with Gasteiger partial charge in [-0.25, -0.2) is 4.39 Å². The first-order valence-electron chi connectivity index (χ1n) is 9.50. The summed E-state index contributed by atoms with van der Waals surface area (Å²) in [5.41, 5.74) is 1.75. The number of nitrogens with zero attached hydrogens (tertiary/aromatic N) is 3. The van der Waals surface area contributed by atoms with Crippen molar-refractivity contribution < 1.29 is 17.3 Å². The van der Waals surface area contributed by atoms with E-state index in [0.29, 0.717) is 15.3 Å². The maximum Gasteiger partial charge on any atom is 0.282 e. The van der Waals surface area contributed by atoms with Gasteiger partial charge in [0.1, 0.15) is 16.5 Å². The smallest absolute Gasteiger partial charge is 0.282 e. The molecule has 0 unspecified atom stereocenters. The van der Waals surface area contributed by atoms with Gasteiger partial charge < -0.3 is 20.1 Å². The highest BCUT2D eigenvalue weighted by Crippen LogP contribution is 2.35. The number of nitrogens with one attached hydrogen (secondary N) is 2. The number of sulfonamides is 1. The molecular weight excluding hydrogens is 480 g/mol. The van der Waals surface area contributed by atoms with Crippen molar-refractivity contribution in [3.05, 3.63) is 59.1 Å². The number of rotatable bonds is 9. The summed E-state index contributed by atoms with van der Waals surface area (Å²) in [5, 5.41) is 9.70. The third kappa shape index (κ3) is 5.09. The van der Waals surface area contributed by atoms with E-state index >= 15 is 0 Å². The van der Waals surface area contributed by atoms with Crippen LogP contribution in [-0.4, -0.2) is 40.8 Å². The van der Waals surface area contributed by atoms with Crippen LogP contribution in [0.15, 0.2) is 51.9 Å². The van der Waals surface area contributed by atoms with E-state index in [1.807, 2.05) is 43.3 Å². The van der Waals surface area contributed by atoms with E-state index in [1.165, 1.54) is 6.07 Å². The Hall–Kier alpha value is -2.53. The molecule has 0 radical (unpaired) electrons. The highest BCUT2D eigenvalue weighted by Gasteiger charge is 2.30. The summed E-state index contributed by atoms with van der Waals surface area (Å²) in [6.07, 6.45) is 0. The van der Waals surface area contributed by atoms with Crippen molar-refractivity contribution in [2.45, 2.75) is 11.8 Å². The highest BCUT2D eigenvalue weighted by atomic mass is 35.5. The Morgan fingerprint density at radius 2 is 1.91 bits per heavy atom. The van der Waals surface area contributed by atoms with E-state index in [0.717, 1.165) is 30.9 Å². The summed E-state index contributed by atoms with van der Waals surface area (Å²) in [5.74, 6) is -0.874. The van der Waals surface area contributed by atoms with Gasteiger partial charge in [-0.2, -0.15) is 12.2 Å². The zero-order valence-corrected chi connectivity index (χ0v) is 19.9. The lowest BCUT2D eigenvalue weighted by Crippen LogP contribution is -2.27. The normalized spacial score (nSPS) is 11.4. The monoisotopic (exact) mass is 501 g/mol. The van der Waals surface area contributed by atoms with Crippen LogP contribution in [0.3, 0.4) is 0 Å². The second-order valence-electron chi connectivity index (χ2n) is 6.95. The predicted octanol–water partition coefficient (Wildman–Crippen LogP) is 4.52. The molecule has 0 atom stereocenters. The average Bonchev–Trinajstić information content (AvgIpc) is 3.20. The summed E-state index contributed by atoms with van der Waals surface area (Å²) in [6, 6.07) is 10.8. The van der Waals surface area contributed by atoms with Gasteiger partial charge in [0.25, 0.3) is 10.0 Å². The molecule has 0 aliphatic carbocycles. The van der Waals surface area contributed by atoms with Gasteiger partial charge in [-0.15, -0.1) is 0 Å². The number of likely N-dealkylation sites (N-methyl/N-ethyl adjacent to an activating group) is 2. The number of benzene rings is 2. The molecule has 0 fully saturated rings. The Morgan fingerprint density at radius 3 is 2.56 bits per heavy atom. The Morgan fingerprint density at radius 1 is 1.19 bits per heavy atom. The average molecular weight is 502 g/mol. The molecule has 2 aromatic carbocycles. The molecule has 0 saturated heterocycles. The molecule has 0 saturated carbocycles. The molecule has 1 heterocycles. The van der Waals surface area contributed by atoms with E-state index in [4.69, 9.17) is 27.9 Å². The van der Waals surface area contributed by atoms with Crippen LogP contribution in [0.2, 0.25) is 5.02 Å². The number of aromatic nitrogens is 1. The molecule has 172 valence electrons. The number of anilines is 4. The molecule has 12 heteroatoms. The molecule has 32 heavy (non-hydrogen) atoms. The van der Waals surface area contributed by atoms with Crippen LogP contribution in [0, 0.1) is 12.7 Å². The van der Waals surface area contributed by atoms with Gasteiger partial charge in [0.05, 0.1) is 22.1 Å². The molecule has 0 spiro atoms. The van der Waals surface area contributed by atoms with E-state index in [-0.39, 0.29) is 16.5 Å². The highest BCUT2D eigenvalue weighted by molar-refractivity contribution is 7.94. The van der Waals surface area contributed by atoms with Crippen LogP contribution < -0.4 is 19.4 Å². The minimum atomic E-state index is -4.48. The lowest BCUT2D eigenvalue weighted by atomic mass is 10.2. The van der Waals surface area contributed by atoms with Gasteiger partial charge in [0, 0.05) is 44.0 Å². The minimum Gasteiger partial charge on any atom is -0.372 e. The van der Waals surface area contributed by atoms with Crippen LogP contribution in [0.25, 0.3) is 0 Å². The SMILES string of the molecule is CNCCN(C)c1ccccc1Nc1cc(F)c(S(=O)(=O)N(Cl)c2cc(C)on2)cc1Cl. The molecule has 0 aliphatic heterocycles. The third-order valence-electron chi connectivity index (χ3n) is 4.59. The fourth-order valence-electron chi connectivity index (χ4n) is 2.92. The molecule has 1 aromatic heterocycles. The van der Waals surface area contributed by atoms with Gasteiger partial charge in [0.2, 0.25) is 5.82 Å². The summed E-state index contributed by atoms with van der Waals surface area (Å²) < 4.78 is 45.7. The van der Waals surface area contributed by atoms with Crippen molar-refractivity contribution in [2.24, 2.45) is 0 Å². The summed E-state index contributed by atoms with van der Waals surface area (Å²) in [6.45, 7) is 3.08. The number of aryl methyl sites for hydroxylation is 1. The molecule has 0 aliphatic rings. The molecule has 3 rings (SSSR count). The van der Waals surface area contributed by atoms with Crippen molar-refractivity contribution in [1.29, 1.82) is 0 Å². The maximum absolute atomic E-state index is 14.9. The topological polar surface area (TPSA) is 90.7 Å². The first-order chi connectivity index (χ1) is 15.1.